The lowest BCUT2D eigenvalue weighted by atomic mass is 10.1. The van der Waals surface area contributed by atoms with Gasteiger partial charge in [-0.05, 0) is 37.6 Å². The number of hydrogen-bond acceptors (Lipinski definition) is 13. The number of nitrogens with zero attached hydrogens (tertiary/aromatic N) is 4. The Morgan fingerprint density at radius 3 is 2.38 bits per heavy atom. The predicted molar refractivity (Wildman–Crippen MR) is 161 cm³/mol. The van der Waals surface area contributed by atoms with Gasteiger partial charge in [0, 0.05) is 29.4 Å². The summed E-state index contributed by atoms with van der Waals surface area (Å²) >= 11 is 0. The van der Waals surface area contributed by atoms with Crippen molar-refractivity contribution < 1.29 is 39.6 Å². The molecule has 1 amide bonds. The number of hydrogen-bond donors (Lipinski definition) is 8. The number of H-pyrrole nitrogens is 1. The van der Waals surface area contributed by atoms with Crippen molar-refractivity contribution >= 4 is 59.3 Å². The summed E-state index contributed by atoms with van der Waals surface area (Å²) in [7, 11) is 0. The maximum absolute atomic E-state index is 12.3. The van der Waals surface area contributed by atoms with Crippen LogP contribution >= 0.6 is 12.4 Å². The van der Waals surface area contributed by atoms with E-state index >= 15 is 0 Å². The van der Waals surface area contributed by atoms with Crippen LogP contribution in [0.4, 0.5) is 11.6 Å². The number of carbonyl (C=O) groups excluding carboxylic acids is 2. The molecule has 238 valence electrons. The van der Waals surface area contributed by atoms with Crippen molar-refractivity contribution in [2.45, 2.75) is 39.0 Å². The smallest absolute Gasteiger partial charge is 0.326 e. The molecule has 0 aliphatic carbocycles. The zero-order valence-electron chi connectivity index (χ0n) is 23.6. The van der Waals surface area contributed by atoms with E-state index in [4.69, 9.17) is 21.1 Å². The second-order valence-electron chi connectivity index (χ2n) is 9.12. The highest BCUT2D eigenvalue weighted by atomic mass is 35.5. The Balaban J connectivity index is 0.000000457. The number of amides is 1. The van der Waals surface area contributed by atoms with Crippen LogP contribution < -0.4 is 21.9 Å². The molecule has 3 heterocycles. The number of carbonyl (C=O) groups is 4. The van der Waals surface area contributed by atoms with Crippen molar-refractivity contribution in [3.05, 3.63) is 75.1 Å². The highest BCUT2D eigenvalue weighted by molar-refractivity contribution is 5.97. The summed E-state index contributed by atoms with van der Waals surface area (Å²) in [6.07, 6.45) is 2.74. The highest BCUT2D eigenvalue weighted by Crippen LogP contribution is 2.21. The zero-order valence-corrected chi connectivity index (χ0v) is 24.4. The van der Waals surface area contributed by atoms with Crippen molar-refractivity contribution in [2.24, 2.45) is 0 Å². The van der Waals surface area contributed by atoms with Crippen molar-refractivity contribution in [1.82, 2.24) is 30.2 Å². The number of aliphatic hydroxyl groups excluding tert-OH is 1. The van der Waals surface area contributed by atoms with Gasteiger partial charge >= 0.3 is 17.5 Å². The molecule has 0 spiro atoms. The lowest BCUT2D eigenvalue weighted by molar-refractivity contribution is -0.140. The number of pyridine rings is 1. The fourth-order valence-corrected chi connectivity index (χ4v) is 3.67. The van der Waals surface area contributed by atoms with Gasteiger partial charge in [-0.2, -0.15) is 4.98 Å². The second-order valence-corrected chi connectivity index (χ2v) is 9.12. The van der Waals surface area contributed by atoms with Gasteiger partial charge < -0.3 is 41.8 Å². The minimum Gasteiger partial charge on any atom is -0.505 e. The summed E-state index contributed by atoms with van der Waals surface area (Å²) < 4.78 is 0. The molecule has 1 aromatic carbocycles. The number of carboxylic acid groups (broad SMARTS) is 2. The summed E-state index contributed by atoms with van der Waals surface area (Å²) in [5, 5.41) is 41.3. The summed E-state index contributed by atoms with van der Waals surface area (Å²) in [4.78, 5) is 74.8. The molecular weight excluding hydrogens is 616 g/mol. The van der Waals surface area contributed by atoms with Crippen molar-refractivity contribution in [3.8, 4) is 5.75 Å². The minimum atomic E-state index is -1.31. The van der Waals surface area contributed by atoms with E-state index < -0.39 is 29.4 Å². The Morgan fingerprint density at radius 1 is 1.09 bits per heavy atom. The number of aliphatic carboxylic acids is 2. The van der Waals surface area contributed by atoms with Gasteiger partial charge in [0.2, 0.25) is 5.95 Å². The van der Waals surface area contributed by atoms with Crippen LogP contribution in [0.15, 0.2) is 41.5 Å². The first kappa shape index (κ1) is 35.5. The molecule has 0 fully saturated rings. The summed E-state index contributed by atoms with van der Waals surface area (Å²) in [6.45, 7) is 1.52. The average molecular weight is 645 g/mol. The van der Waals surface area contributed by atoms with Crippen LogP contribution in [-0.2, 0) is 22.7 Å². The maximum Gasteiger partial charge on any atom is 0.326 e. The van der Waals surface area contributed by atoms with E-state index in [0.29, 0.717) is 28.9 Å². The molecular formula is C27H29ClN8O9. The largest absolute Gasteiger partial charge is 0.505 e. The lowest BCUT2D eigenvalue weighted by Gasteiger charge is -2.14. The van der Waals surface area contributed by atoms with E-state index in [9.17, 15) is 29.1 Å². The predicted octanol–water partition coefficient (Wildman–Crippen LogP) is 0.777. The van der Waals surface area contributed by atoms with E-state index in [1.807, 2.05) is 0 Å². The third-order valence-corrected chi connectivity index (χ3v) is 6.01. The van der Waals surface area contributed by atoms with Crippen LogP contribution in [0.2, 0.25) is 0 Å². The van der Waals surface area contributed by atoms with E-state index in [1.165, 1.54) is 24.5 Å². The Hall–Kier alpha value is -5.68. The quantitative estimate of drug-likeness (QED) is 0.105. The lowest BCUT2D eigenvalue weighted by Crippen LogP contribution is -2.41. The molecule has 0 bridgehead atoms. The SMILES string of the molecule is Cc1ncc(CO)c(C=O)c1O.Cl.Nc1nc(=O)c2nc(CNc3ccc(C(=O)N[C@@H](CCC(=O)O)C(=O)O)cc3)cnc2[nH]1. The first-order valence-electron chi connectivity index (χ1n) is 12.8. The van der Waals surface area contributed by atoms with Gasteiger partial charge in [-0.15, -0.1) is 12.4 Å². The Labute approximate surface area is 260 Å². The monoisotopic (exact) mass is 644 g/mol. The van der Waals surface area contributed by atoms with Gasteiger partial charge in [-0.1, -0.05) is 0 Å². The third kappa shape index (κ3) is 9.66. The number of aldehydes is 1. The molecule has 4 rings (SSSR count). The molecule has 1 atom stereocenters. The molecule has 0 radical (unpaired) electrons. The fourth-order valence-electron chi connectivity index (χ4n) is 3.67. The number of nitrogen functional groups attached to an aromatic ring is 1. The minimum absolute atomic E-state index is 0. The first-order valence-corrected chi connectivity index (χ1v) is 12.8. The van der Waals surface area contributed by atoms with Gasteiger partial charge in [0.1, 0.15) is 11.8 Å². The van der Waals surface area contributed by atoms with Crippen LogP contribution in [0, 0.1) is 6.92 Å². The van der Waals surface area contributed by atoms with Gasteiger partial charge in [-0.25, -0.2) is 14.8 Å². The molecule has 0 saturated carbocycles. The number of halogens is 1. The van der Waals surface area contributed by atoms with E-state index in [-0.39, 0.29) is 72.4 Å². The second kappa shape index (κ2) is 16.2. The molecule has 18 heteroatoms. The molecule has 9 N–H and O–H groups in total. The van der Waals surface area contributed by atoms with Crippen LogP contribution in [0.5, 0.6) is 5.75 Å². The summed E-state index contributed by atoms with van der Waals surface area (Å²) in [6, 6.07) is 4.86. The van der Waals surface area contributed by atoms with E-state index in [0.717, 1.165) is 0 Å². The average Bonchev–Trinajstić information content (AvgIpc) is 2.99. The van der Waals surface area contributed by atoms with E-state index in [2.05, 4.69) is 35.6 Å². The number of aromatic nitrogens is 5. The van der Waals surface area contributed by atoms with Crippen molar-refractivity contribution in [1.29, 1.82) is 0 Å². The van der Waals surface area contributed by atoms with E-state index in [1.54, 1.807) is 19.1 Å². The molecule has 4 aromatic rings. The molecule has 45 heavy (non-hydrogen) atoms. The van der Waals surface area contributed by atoms with Gasteiger partial charge in [-0.3, -0.25) is 24.2 Å². The van der Waals surface area contributed by atoms with Crippen LogP contribution in [0.3, 0.4) is 0 Å². The number of benzene rings is 1. The standard InChI is InChI=1S/C19H19N7O6.C8H9NO3.ClH/c20-19-25-15-14(17(30)26-19)23-11(8-22-15)7-21-10-3-1-9(2-4-10)16(29)24-12(18(31)32)5-6-13(27)28;1-5-8(12)7(4-11)6(3-10)2-9-5;/h1-4,8,12,21H,5-7H2,(H,24,29)(H,27,28)(H,31,32)(H3,20,22,25,26,30);2,4,10,12H,3H2,1H3;1H/t12-;;/m0../s1. The zero-order chi connectivity index (χ0) is 32.4. The number of fused-ring (bicyclic) bond motifs is 1. The van der Waals surface area contributed by atoms with Gasteiger partial charge in [0.25, 0.3) is 5.91 Å². The molecule has 0 aliphatic heterocycles. The van der Waals surface area contributed by atoms with Crippen molar-refractivity contribution in [3.63, 3.8) is 0 Å². The number of aromatic amines is 1. The first-order chi connectivity index (χ1) is 20.9. The van der Waals surface area contributed by atoms with Crippen LogP contribution in [-0.4, -0.2) is 75.5 Å². The topological polar surface area (TPSA) is 284 Å². The Bertz CT molecular complexity index is 1750. The highest BCUT2D eigenvalue weighted by Gasteiger charge is 2.21. The maximum atomic E-state index is 12.3. The molecule has 0 aliphatic rings. The number of anilines is 2. The number of carboxylic acids is 2. The number of aliphatic hydroxyl groups is 1. The van der Waals surface area contributed by atoms with Gasteiger partial charge in [0.15, 0.2) is 17.5 Å². The molecule has 3 aromatic heterocycles. The number of nitrogens with one attached hydrogen (secondary N) is 3. The summed E-state index contributed by atoms with van der Waals surface area (Å²) in [5.41, 5.74) is 7.31. The van der Waals surface area contributed by atoms with Crippen LogP contribution in [0.1, 0.15) is 50.5 Å². The Kier molecular flexibility index (Phi) is 12.8. The number of aryl methyl sites for hydroxylation is 1. The molecule has 17 nitrogen and oxygen atoms in total. The normalized spacial score (nSPS) is 10.9. The molecule has 0 saturated heterocycles. The summed E-state index contributed by atoms with van der Waals surface area (Å²) in [5.74, 6) is -3.31. The van der Waals surface area contributed by atoms with Crippen LogP contribution in [0.25, 0.3) is 11.2 Å². The number of nitrogens with two attached hydrogens (primary N) is 1. The number of aromatic hydroxyl groups is 1. The van der Waals surface area contributed by atoms with Gasteiger partial charge in [0.05, 0.1) is 36.3 Å². The fraction of sp³-hybridized carbons (Fsp3) is 0.222. The Morgan fingerprint density at radius 2 is 1.78 bits per heavy atom. The number of rotatable bonds is 11. The molecule has 0 unspecified atom stereocenters. The third-order valence-electron chi connectivity index (χ3n) is 6.01. The van der Waals surface area contributed by atoms with Crippen molar-refractivity contribution in [2.75, 3.05) is 11.1 Å².